The molecule has 2 rings (SSSR count). The van der Waals surface area contributed by atoms with E-state index in [1.807, 2.05) is 0 Å². The van der Waals surface area contributed by atoms with E-state index in [4.69, 9.17) is 0 Å². The number of hydrogen-bond acceptors (Lipinski definition) is 4. The molecular formula is C16H22F3NO3. The zero-order valence-corrected chi connectivity index (χ0v) is 12.7. The maximum Gasteiger partial charge on any atom is 0.415 e. The molecule has 0 spiro atoms. The van der Waals surface area contributed by atoms with Gasteiger partial charge in [-0.25, -0.2) is 0 Å². The average Bonchev–Trinajstić information content (AvgIpc) is 2.46. The summed E-state index contributed by atoms with van der Waals surface area (Å²) in [6.07, 6.45) is -5.21. The van der Waals surface area contributed by atoms with Crippen LogP contribution in [-0.2, 0) is 6.54 Å². The third-order valence-electron chi connectivity index (χ3n) is 4.26. The molecule has 1 aromatic rings. The van der Waals surface area contributed by atoms with Crippen molar-refractivity contribution in [2.75, 3.05) is 6.54 Å². The van der Waals surface area contributed by atoms with Crippen LogP contribution < -0.4 is 0 Å². The van der Waals surface area contributed by atoms with Crippen molar-refractivity contribution in [3.05, 3.63) is 29.8 Å². The van der Waals surface area contributed by atoms with E-state index in [0.29, 0.717) is 31.2 Å². The van der Waals surface area contributed by atoms with Gasteiger partial charge < -0.3 is 15.3 Å². The van der Waals surface area contributed by atoms with Crippen LogP contribution in [0.15, 0.2) is 24.3 Å². The zero-order chi connectivity index (χ0) is 17.0. The number of nitrogens with zero attached hydrogens (tertiary/aromatic N) is 1. The number of benzene rings is 1. The summed E-state index contributed by atoms with van der Waals surface area (Å²) >= 11 is 0. The molecule has 0 radical (unpaired) electrons. The van der Waals surface area contributed by atoms with E-state index >= 15 is 0 Å². The smallest absolute Gasteiger partial charge is 0.415 e. The van der Waals surface area contributed by atoms with Gasteiger partial charge in [0, 0.05) is 19.1 Å². The molecule has 1 atom stereocenters. The molecule has 4 nitrogen and oxygen atoms in total. The van der Waals surface area contributed by atoms with Gasteiger partial charge in [0.2, 0.25) is 0 Å². The first-order valence-electron chi connectivity index (χ1n) is 7.70. The van der Waals surface area contributed by atoms with Gasteiger partial charge in [0.1, 0.15) is 5.75 Å². The minimum atomic E-state index is -4.66. The fourth-order valence-corrected chi connectivity index (χ4v) is 2.98. The normalized spacial score (nSPS) is 23.9. The Morgan fingerprint density at radius 3 is 2.39 bits per heavy atom. The molecule has 0 saturated heterocycles. The van der Waals surface area contributed by atoms with Crippen LogP contribution in [0.5, 0.6) is 5.75 Å². The molecule has 3 N–H and O–H groups in total. The van der Waals surface area contributed by atoms with Crippen LogP contribution in [0.4, 0.5) is 13.2 Å². The highest BCUT2D eigenvalue weighted by Gasteiger charge is 2.40. The maximum absolute atomic E-state index is 12.7. The molecule has 0 bridgehead atoms. The number of halogens is 3. The fraction of sp³-hybridized carbons (Fsp3) is 0.625. The molecule has 1 fully saturated rings. The Bertz CT molecular complexity index is 502. The van der Waals surface area contributed by atoms with Crippen LogP contribution in [-0.4, -0.2) is 51.2 Å². The second kappa shape index (κ2) is 7.51. The Kier molecular flexibility index (Phi) is 5.89. The third kappa shape index (κ3) is 5.37. The van der Waals surface area contributed by atoms with E-state index in [0.717, 1.165) is 0 Å². The van der Waals surface area contributed by atoms with E-state index < -0.39 is 24.9 Å². The van der Waals surface area contributed by atoms with Crippen LogP contribution in [0, 0.1) is 0 Å². The number of rotatable bonds is 5. The number of hydrogen-bond donors (Lipinski definition) is 3. The standard InChI is InChI=1S/C16H22F3NO3/c17-16(18,19)15(23)10-20(12-4-6-13(21)7-5-12)9-11-2-1-3-14(22)8-11/h1-3,8,12-13,15,21-23H,4-7,9-10H2/t12?,13?,15-/m0/s1. The van der Waals surface area contributed by atoms with Gasteiger partial charge in [-0.15, -0.1) is 0 Å². The average molecular weight is 333 g/mol. The summed E-state index contributed by atoms with van der Waals surface area (Å²) in [6.45, 7) is -0.303. The van der Waals surface area contributed by atoms with E-state index in [2.05, 4.69) is 0 Å². The lowest BCUT2D eigenvalue weighted by Gasteiger charge is -2.37. The Labute approximate surface area is 133 Å². The van der Waals surface area contributed by atoms with Gasteiger partial charge in [-0.1, -0.05) is 12.1 Å². The maximum atomic E-state index is 12.7. The second-order valence-corrected chi connectivity index (χ2v) is 6.12. The van der Waals surface area contributed by atoms with Crippen molar-refractivity contribution in [1.29, 1.82) is 0 Å². The molecule has 130 valence electrons. The van der Waals surface area contributed by atoms with Crippen LogP contribution in [0.25, 0.3) is 0 Å². The first-order chi connectivity index (χ1) is 10.8. The van der Waals surface area contributed by atoms with E-state index in [9.17, 15) is 28.5 Å². The van der Waals surface area contributed by atoms with Crippen molar-refractivity contribution in [3.8, 4) is 5.75 Å². The molecule has 0 aromatic heterocycles. The van der Waals surface area contributed by atoms with Gasteiger partial charge in [-0.2, -0.15) is 13.2 Å². The molecule has 1 saturated carbocycles. The summed E-state index contributed by atoms with van der Waals surface area (Å²) in [6, 6.07) is 6.23. The molecule has 1 aliphatic carbocycles. The first-order valence-corrected chi connectivity index (χ1v) is 7.70. The number of aliphatic hydroxyl groups excluding tert-OH is 2. The summed E-state index contributed by atoms with van der Waals surface area (Å²) < 4.78 is 38.1. The summed E-state index contributed by atoms with van der Waals surface area (Å²) in [5, 5.41) is 28.5. The van der Waals surface area contributed by atoms with E-state index in [-0.39, 0.29) is 18.3 Å². The van der Waals surface area contributed by atoms with Crippen molar-refractivity contribution in [3.63, 3.8) is 0 Å². The number of aromatic hydroxyl groups is 1. The molecule has 0 amide bonds. The number of aliphatic hydroxyl groups is 2. The number of alkyl halides is 3. The van der Waals surface area contributed by atoms with Gasteiger partial charge in [0.05, 0.1) is 6.10 Å². The van der Waals surface area contributed by atoms with Crippen molar-refractivity contribution >= 4 is 0 Å². The van der Waals surface area contributed by atoms with Gasteiger partial charge in [0.25, 0.3) is 0 Å². The summed E-state index contributed by atoms with van der Waals surface area (Å²) in [5.74, 6) is 0.0536. The van der Waals surface area contributed by atoms with Crippen molar-refractivity contribution in [2.24, 2.45) is 0 Å². The lowest BCUT2D eigenvalue weighted by molar-refractivity contribution is -0.210. The van der Waals surface area contributed by atoms with Gasteiger partial charge in [-0.05, 0) is 43.4 Å². The highest BCUT2D eigenvalue weighted by Crippen LogP contribution is 2.28. The first kappa shape index (κ1) is 18.0. The molecule has 1 aliphatic rings. The van der Waals surface area contributed by atoms with Gasteiger partial charge in [-0.3, -0.25) is 4.90 Å². The highest BCUT2D eigenvalue weighted by molar-refractivity contribution is 5.27. The lowest BCUT2D eigenvalue weighted by Crippen LogP contribution is -2.46. The SMILES string of the molecule is Oc1cccc(CN(C[C@H](O)C(F)(F)F)C2CCC(O)CC2)c1. The van der Waals surface area contributed by atoms with Crippen molar-refractivity contribution in [2.45, 2.75) is 56.7 Å². The Morgan fingerprint density at radius 1 is 1.17 bits per heavy atom. The van der Waals surface area contributed by atoms with Gasteiger partial charge in [0.15, 0.2) is 6.10 Å². The van der Waals surface area contributed by atoms with Crippen LogP contribution in [0.1, 0.15) is 31.2 Å². The Balaban J connectivity index is 2.10. The monoisotopic (exact) mass is 333 g/mol. The number of phenolic OH excluding ortho intramolecular Hbond substituents is 1. The Hall–Kier alpha value is -1.31. The summed E-state index contributed by atoms with van der Waals surface area (Å²) in [7, 11) is 0. The summed E-state index contributed by atoms with van der Waals surface area (Å²) in [5.41, 5.74) is 0.686. The zero-order valence-electron chi connectivity index (χ0n) is 12.7. The summed E-state index contributed by atoms with van der Waals surface area (Å²) in [4.78, 5) is 1.60. The molecule has 0 unspecified atom stereocenters. The van der Waals surface area contributed by atoms with Crippen molar-refractivity contribution in [1.82, 2.24) is 4.90 Å². The quantitative estimate of drug-likeness (QED) is 0.774. The van der Waals surface area contributed by atoms with Crippen LogP contribution in [0.3, 0.4) is 0 Å². The Morgan fingerprint density at radius 2 is 1.83 bits per heavy atom. The third-order valence-corrected chi connectivity index (χ3v) is 4.26. The topological polar surface area (TPSA) is 63.9 Å². The van der Waals surface area contributed by atoms with Crippen LogP contribution in [0.2, 0.25) is 0 Å². The molecule has 0 aliphatic heterocycles. The molecule has 1 aromatic carbocycles. The highest BCUT2D eigenvalue weighted by atomic mass is 19.4. The second-order valence-electron chi connectivity index (χ2n) is 6.12. The molecular weight excluding hydrogens is 311 g/mol. The van der Waals surface area contributed by atoms with E-state index in [1.54, 1.807) is 17.0 Å². The molecule has 23 heavy (non-hydrogen) atoms. The van der Waals surface area contributed by atoms with E-state index in [1.165, 1.54) is 12.1 Å². The van der Waals surface area contributed by atoms with Crippen LogP contribution >= 0.6 is 0 Å². The minimum absolute atomic E-state index is 0.0536. The molecule has 7 heteroatoms. The largest absolute Gasteiger partial charge is 0.508 e. The van der Waals surface area contributed by atoms with Gasteiger partial charge >= 0.3 is 6.18 Å². The number of phenols is 1. The predicted molar refractivity (Wildman–Crippen MR) is 78.8 cm³/mol. The van der Waals surface area contributed by atoms with Crippen molar-refractivity contribution < 1.29 is 28.5 Å². The lowest BCUT2D eigenvalue weighted by atomic mass is 9.91. The minimum Gasteiger partial charge on any atom is -0.508 e. The predicted octanol–water partition coefficient (Wildman–Crippen LogP) is 2.42. The fourth-order valence-electron chi connectivity index (χ4n) is 2.98. The molecule has 0 heterocycles.